The number of aromatic nitrogens is 5. The topological polar surface area (TPSA) is 61.0 Å². The van der Waals surface area contributed by atoms with Gasteiger partial charge in [0.05, 0.1) is 0 Å². The number of anilines is 2. The number of aryl methyl sites for hydroxylation is 1. The molecule has 0 spiro atoms. The quantitative estimate of drug-likeness (QED) is 0.175. The number of hydrogen-bond donors (Lipinski definition) is 0. The van der Waals surface area contributed by atoms with Gasteiger partial charge in [-0.25, -0.2) is 4.98 Å². The van der Waals surface area contributed by atoms with Gasteiger partial charge in [0.25, 0.3) is 0 Å². The van der Waals surface area contributed by atoms with Crippen LogP contribution in [0.5, 0.6) is 11.5 Å². The third-order valence-corrected chi connectivity index (χ3v) is 7.53. The second-order valence-corrected chi connectivity index (χ2v) is 9.97. The zero-order valence-corrected chi connectivity index (χ0v) is 25.0. The number of rotatable bonds is 4. The van der Waals surface area contributed by atoms with E-state index >= 15 is 0 Å². The van der Waals surface area contributed by atoms with Crippen molar-refractivity contribution >= 4 is 33.3 Å². The van der Waals surface area contributed by atoms with Crippen molar-refractivity contribution < 1.29 is 25.8 Å². The third kappa shape index (κ3) is 4.08. The summed E-state index contributed by atoms with van der Waals surface area (Å²) in [6.45, 7) is 6.19. The zero-order valence-electron chi connectivity index (χ0n) is 22.7. The number of imidazole rings is 1. The Morgan fingerprint density at radius 2 is 1.64 bits per heavy atom. The van der Waals surface area contributed by atoms with E-state index in [0.717, 1.165) is 61.9 Å². The number of para-hydroxylation sites is 2. The number of ether oxygens (including phenoxy) is 1. The van der Waals surface area contributed by atoms with Crippen molar-refractivity contribution in [3.05, 3.63) is 128 Å². The molecule has 8 heteroatoms. The van der Waals surface area contributed by atoms with Crippen LogP contribution < -0.4 is 9.64 Å². The summed E-state index contributed by atoms with van der Waals surface area (Å²) < 4.78 is 10.5. The number of nitrogens with zero attached hydrogens (tertiary/aromatic N) is 6. The molecule has 7 aromatic rings. The molecule has 0 amide bonds. The molecule has 1 aliphatic heterocycles. The van der Waals surface area contributed by atoms with Crippen molar-refractivity contribution in [1.29, 1.82) is 0 Å². The van der Waals surface area contributed by atoms with Crippen LogP contribution in [0.1, 0.15) is 11.4 Å². The normalized spacial score (nSPS) is 12.0. The minimum Gasteiger partial charge on any atom is -0.508 e. The monoisotopic (exact) mass is 726 g/mol. The molecular formula is C34H23N6OPt-3. The van der Waals surface area contributed by atoms with E-state index in [4.69, 9.17) is 14.7 Å². The van der Waals surface area contributed by atoms with Crippen molar-refractivity contribution in [3.63, 3.8) is 0 Å². The average molecular weight is 727 g/mol. The maximum absolute atomic E-state index is 6.32. The minimum atomic E-state index is 0. The van der Waals surface area contributed by atoms with Gasteiger partial charge in [0.2, 0.25) is 0 Å². The van der Waals surface area contributed by atoms with Gasteiger partial charge in [0.15, 0.2) is 0 Å². The van der Waals surface area contributed by atoms with Gasteiger partial charge in [-0.1, -0.05) is 60.8 Å². The summed E-state index contributed by atoms with van der Waals surface area (Å²) in [5, 5.41) is 1.04. The molecule has 0 saturated heterocycles. The molecule has 4 aromatic heterocycles. The Morgan fingerprint density at radius 1 is 0.810 bits per heavy atom. The molecular weight excluding hydrogens is 703 g/mol. The van der Waals surface area contributed by atoms with Gasteiger partial charge in [-0.3, -0.25) is 0 Å². The molecule has 0 fully saturated rings. The zero-order chi connectivity index (χ0) is 27.5. The first-order valence-electron chi connectivity index (χ1n) is 13.4. The largest absolute Gasteiger partial charge is 0.508 e. The fourth-order valence-electron chi connectivity index (χ4n) is 5.47. The maximum Gasteiger partial charge on any atom is 0.135 e. The Labute approximate surface area is 257 Å². The van der Waals surface area contributed by atoms with Crippen molar-refractivity contribution in [2.45, 2.75) is 13.8 Å². The van der Waals surface area contributed by atoms with Gasteiger partial charge in [-0.15, -0.1) is 24.3 Å². The van der Waals surface area contributed by atoms with Crippen LogP contribution in [-0.2, 0) is 21.1 Å². The van der Waals surface area contributed by atoms with E-state index in [2.05, 4.69) is 69.0 Å². The van der Waals surface area contributed by atoms with E-state index in [0.29, 0.717) is 11.5 Å². The van der Waals surface area contributed by atoms with E-state index in [9.17, 15) is 0 Å². The summed E-state index contributed by atoms with van der Waals surface area (Å²) in [5.41, 5.74) is 7.72. The molecule has 3 aromatic carbocycles. The fraction of sp³-hybridized carbons (Fsp3) is 0.0588. The van der Waals surface area contributed by atoms with Crippen molar-refractivity contribution in [1.82, 2.24) is 24.1 Å². The summed E-state index contributed by atoms with van der Waals surface area (Å²) in [6.07, 6.45) is 3.50. The van der Waals surface area contributed by atoms with Crippen LogP contribution in [0, 0.1) is 32.6 Å². The third-order valence-electron chi connectivity index (χ3n) is 7.53. The molecule has 208 valence electrons. The van der Waals surface area contributed by atoms with Gasteiger partial charge in [0.1, 0.15) is 5.82 Å². The molecule has 42 heavy (non-hydrogen) atoms. The van der Waals surface area contributed by atoms with E-state index in [-0.39, 0.29) is 21.1 Å². The molecule has 8 rings (SSSR count). The standard InChI is InChI=1S/C34H23N6O.Pt/c1-22-23(2)38-21-39(29-14-5-4-13-28(29)34(38)37-22)24-10-9-11-25(18-24)41-26-19-31-33(36-20-26)27-12-3-6-15-30(27)40(31)32-16-7-8-17-35-32;/h3-17,20-21H,1-2H3;/q-3;. The Hall–Kier alpha value is -4.87. The first kappa shape index (κ1) is 26.1. The van der Waals surface area contributed by atoms with Gasteiger partial charge in [0, 0.05) is 55.8 Å². The predicted molar refractivity (Wildman–Crippen MR) is 160 cm³/mol. The molecule has 0 N–H and O–H groups in total. The molecule has 0 bridgehead atoms. The van der Waals surface area contributed by atoms with Crippen LogP contribution in [0.2, 0.25) is 0 Å². The summed E-state index contributed by atoms with van der Waals surface area (Å²) in [5.74, 6) is 2.80. The molecule has 0 atom stereocenters. The smallest absolute Gasteiger partial charge is 0.135 e. The van der Waals surface area contributed by atoms with Crippen LogP contribution in [0.15, 0.2) is 97.3 Å². The molecule has 0 unspecified atom stereocenters. The van der Waals surface area contributed by atoms with Gasteiger partial charge in [-0.05, 0) is 71.7 Å². The molecule has 5 heterocycles. The summed E-state index contributed by atoms with van der Waals surface area (Å²) >= 11 is 0. The van der Waals surface area contributed by atoms with Crippen molar-refractivity contribution in [3.8, 4) is 28.7 Å². The Kier molecular flexibility index (Phi) is 6.32. The first-order chi connectivity index (χ1) is 20.2. The van der Waals surface area contributed by atoms with Gasteiger partial charge in [-0.2, -0.15) is 6.07 Å². The number of fused-ring (bicyclic) bond motifs is 6. The van der Waals surface area contributed by atoms with Crippen molar-refractivity contribution in [2.75, 3.05) is 4.90 Å². The van der Waals surface area contributed by atoms with Crippen LogP contribution in [-0.4, -0.2) is 24.1 Å². The van der Waals surface area contributed by atoms with E-state index in [1.165, 1.54) is 0 Å². The van der Waals surface area contributed by atoms with E-state index in [1.54, 1.807) is 12.4 Å². The fourth-order valence-corrected chi connectivity index (χ4v) is 5.47. The molecule has 0 aliphatic carbocycles. The number of benzene rings is 3. The average Bonchev–Trinajstić information content (AvgIpc) is 3.50. The van der Waals surface area contributed by atoms with E-state index in [1.807, 2.05) is 67.6 Å². The first-order valence-corrected chi connectivity index (χ1v) is 13.4. The van der Waals surface area contributed by atoms with E-state index < -0.39 is 0 Å². The van der Waals surface area contributed by atoms with Crippen molar-refractivity contribution in [2.24, 2.45) is 0 Å². The molecule has 0 saturated carbocycles. The Bertz CT molecular complexity index is 2100. The predicted octanol–water partition coefficient (Wildman–Crippen LogP) is 7.56. The summed E-state index contributed by atoms with van der Waals surface area (Å²) in [7, 11) is 0. The number of pyridine rings is 2. The van der Waals surface area contributed by atoms with Gasteiger partial charge >= 0.3 is 0 Å². The second kappa shape index (κ2) is 10.2. The Morgan fingerprint density at radius 3 is 2.52 bits per heavy atom. The maximum atomic E-state index is 6.32. The van der Waals surface area contributed by atoms with Crippen LogP contribution in [0.25, 0.3) is 39.1 Å². The van der Waals surface area contributed by atoms with Crippen LogP contribution >= 0.6 is 0 Å². The molecule has 0 radical (unpaired) electrons. The second-order valence-electron chi connectivity index (χ2n) is 9.97. The summed E-state index contributed by atoms with van der Waals surface area (Å²) in [4.78, 5) is 16.3. The molecule has 7 nitrogen and oxygen atoms in total. The van der Waals surface area contributed by atoms with Crippen LogP contribution in [0.4, 0.5) is 11.4 Å². The minimum absolute atomic E-state index is 0. The van der Waals surface area contributed by atoms with Crippen LogP contribution in [0.3, 0.4) is 0 Å². The number of hydrogen-bond acceptors (Lipinski definition) is 5. The van der Waals surface area contributed by atoms with Gasteiger partial charge < -0.3 is 28.7 Å². The molecule has 1 aliphatic rings. The Balaban J connectivity index is 0.00000288. The summed E-state index contributed by atoms with van der Waals surface area (Å²) in [6, 6.07) is 35.1. The SMILES string of the molecule is Cc1nc2n(c1C)[CH-]N(c1[c-]c(Oc3[c-]c4c(nc3)c3ccccc3n4-c3ccccn3)ccc1)c1ccccc1-2.[Pt].